The summed E-state index contributed by atoms with van der Waals surface area (Å²) < 4.78 is 38.1. The molecule has 0 saturated carbocycles. The van der Waals surface area contributed by atoms with E-state index in [0.29, 0.717) is 13.0 Å². The number of anilines is 1. The zero-order valence-electron chi connectivity index (χ0n) is 13.9. The van der Waals surface area contributed by atoms with Crippen LogP contribution in [-0.4, -0.2) is 30.5 Å². The fourth-order valence-electron chi connectivity index (χ4n) is 2.83. The van der Waals surface area contributed by atoms with Crippen molar-refractivity contribution in [2.24, 2.45) is 11.7 Å². The first-order valence-corrected chi connectivity index (χ1v) is 8.10. The smallest absolute Gasteiger partial charge is 0.322 e. The largest absolute Gasteiger partial charge is 0.389 e. The second kappa shape index (κ2) is 7.82. The van der Waals surface area contributed by atoms with Gasteiger partial charge in [-0.1, -0.05) is 24.3 Å². The van der Waals surface area contributed by atoms with Crippen molar-refractivity contribution in [3.05, 3.63) is 42.0 Å². The minimum Gasteiger partial charge on any atom is -0.322 e. The van der Waals surface area contributed by atoms with Crippen LogP contribution < -0.4 is 10.6 Å². The minimum absolute atomic E-state index is 0.336. The van der Waals surface area contributed by atoms with Gasteiger partial charge in [-0.3, -0.25) is 9.59 Å². The molecule has 1 aliphatic rings. The molecule has 0 radical (unpaired) electrons. The van der Waals surface area contributed by atoms with Crippen LogP contribution >= 0.6 is 0 Å². The Balaban J connectivity index is 2.09. The molecule has 0 unspecified atom stereocenters. The molecule has 0 spiro atoms. The Labute approximate surface area is 144 Å². The molecule has 0 aliphatic carbocycles. The summed E-state index contributed by atoms with van der Waals surface area (Å²) in [5, 5.41) is 0. The van der Waals surface area contributed by atoms with Crippen molar-refractivity contribution in [3.8, 4) is 0 Å². The summed E-state index contributed by atoms with van der Waals surface area (Å²) in [6, 6.07) is 6.58. The third kappa shape index (κ3) is 5.42. The fraction of sp³-hybridized carbons (Fsp3) is 0.444. The van der Waals surface area contributed by atoms with Gasteiger partial charge in [0.1, 0.15) is 5.78 Å². The van der Waals surface area contributed by atoms with Crippen molar-refractivity contribution in [1.82, 2.24) is 0 Å². The maximum atomic E-state index is 12.7. The lowest BCUT2D eigenvalue weighted by molar-refractivity contribution is -0.143. The lowest BCUT2D eigenvalue weighted by Crippen LogP contribution is -2.30. The summed E-state index contributed by atoms with van der Waals surface area (Å²) in [6.45, 7) is 1.92. The van der Waals surface area contributed by atoms with Gasteiger partial charge in [0.05, 0.1) is 12.5 Å². The van der Waals surface area contributed by atoms with Gasteiger partial charge in [0.25, 0.3) is 5.91 Å². The molecule has 2 N–H and O–H groups in total. The topological polar surface area (TPSA) is 63.4 Å². The maximum absolute atomic E-state index is 12.7. The number of carbonyl (C=O) groups is 2. The average Bonchev–Trinajstić information content (AvgIpc) is 2.94. The highest BCUT2D eigenvalue weighted by Crippen LogP contribution is 2.29. The molecule has 0 saturated heterocycles. The number of amides is 1. The Hall–Kier alpha value is -2.15. The van der Waals surface area contributed by atoms with Crippen LogP contribution in [-0.2, 0) is 16.0 Å². The van der Waals surface area contributed by atoms with Crippen LogP contribution in [0.25, 0.3) is 0 Å². The highest BCUT2D eigenvalue weighted by atomic mass is 19.4. The van der Waals surface area contributed by atoms with Crippen molar-refractivity contribution in [2.45, 2.75) is 38.4 Å². The number of para-hydroxylation sites is 1. The van der Waals surface area contributed by atoms with E-state index in [1.54, 1.807) is 6.07 Å². The van der Waals surface area contributed by atoms with Crippen LogP contribution in [0.15, 0.2) is 36.4 Å². The first kappa shape index (κ1) is 19.2. The highest BCUT2D eigenvalue weighted by Gasteiger charge is 2.32. The van der Waals surface area contributed by atoms with Crippen LogP contribution in [0.5, 0.6) is 0 Å². The first-order chi connectivity index (χ1) is 11.7. The number of allylic oxidation sites excluding steroid dienone is 1. The molecule has 0 bridgehead atoms. The van der Waals surface area contributed by atoms with E-state index in [4.69, 9.17) is 5.73 Å². The van der Waals surface area contributed by atoms with Crippen molar-refractivity contribution < 1.29 is 22.8 Å². The molecule has 7 heteroatoms. The molecule has 25 heavy (non-hydrogen) atoms. The molecule has 0 fully saturated rings. The van der Waals surface area contributed by atoms with E-state index in [0.717, 1.165) is 17.3 Å². The number of nitrogens with two attached hydrogens (primary N) is 1. The third-order valence-electron chi connectivity index (χ3n) is 4.13. The number of alkyl halides is 3. The van der Waals surface area contributed by atoms with Crippen molar-refractivity contribution in [2.75, 3.05) is 11.4 Å². The first-order valence-electron chi connectivity index (χ1n) is 8.10. The summed E-state index contributed by atoms with van der Waals surface area (Å²) >= 11 is 0. The molecule has 1 aliphatic heterocycles. The Morgan fingerprint density at radius 3 is 2.64 bits per heavy atom. The minimum atomic E-state index is -4.42. The maximum Gasteiger partial charge on any atom is 0.389 e. The molecular formula is C18H21F3N2O2. The summed E-state index contributed by atoms with van der Waals surface area (Å²) in [4.78, 5) is 25.6. The SMILES string of the molecule is C[C@H](N)C(=O)C[C@H](/C=C/C(=O)N1CCc2ccccc21)CC(F)(F)F. The van der Waals surface area contributed by atoms with Crippen LogP contribution in [0.2, 0.25) is 0 Å². The van der Waals surface area contributed by atoms with E-state index in [2.05, 4.69) is 0 Å². The third-order valence-corrected chi connectivity index (χ3v) is 4.13. The van der Waals surface area contributed by atoms with Gasteiger partial charge in [0.2, 0.25) is 0 Å². The van der Waals surface area contributed by atoms with Gasteiger partial charge in [-0.15, -0.1) is 0 Å². The molecule has 2 atom stereocenters. The lowest BCUT2D eigenvalue weighted by Gasteiger charge is -2.17. The van der Waals surface area contributed by atoms with Crippen molar-refractivity contribution in [3.63, 3.8) is 0 Å². The predicted molar refractivity (Wildman–Crippen MR) is 89.1 cm³/mol. The Bertz CT molecular complexity index is 669. The van der Waals surface area contributed by atoms with Crippen LogP contribution in [0, 0.1) is 5.92 Å². The van der Waals surface area contributed by atoms with Gasteiger partial charge in [-0.05, 0) is 37.0 Å². The van der Waals surface area contributed by atoms with E-state index in [9.17, 15) is 22.8 Å². The number of hydrogen-bond donors (Lipinski definition) is 1. The summed E-state index contributed by atoms with van der Waals surface area (Å²) in [5.41, 5.74) is 7.23. The number of nitrogens with zero attached hydrogens (tertiary/aromatic N) is 1. The van der Waals surface area contributed by atoms with Crippen LogP contribution in [0.4, 0.5) is 18.9 Å². The summed E-state index contributed by atoms with van der Waals surface area (Å²) in [6.07, 6.45) is -2.89. The Morgan fingerprint density at radius 1 is 1.32 bits per heavy atom. The monoisotopic (exact) mass is 354 g/mol. The number of carbonyl (C=O) groups excluding carboxylic acids is 2. The number of fused-ring (bicyclic) bond motifs is 1. The molecule has 0 aromatic heterocycles. The van der Waals surface area contributed by atoms with Gasteiger partial charge in [-0.25, -0.2) is 0 Å². The van der Waals surface area contributed by atoms with Gasteiger partial charge in [0, 0.05) is 18.7 Å². The second-order valence-corrected chi connectivity index (χ2v) is 6.27. The number of ketones is 1. The summed E-state index contributed by atoms with van der Waals surface area (Å²) in [7, 11) is 0. The molecule has 136 valence electrons. The highest BCUT2D eigenvalue weighted by molar-refractivity contribution is 6.02. The molecule has 1 aromatic carbocycles. The summed E-state index contributed by atoms with van der Waals surface area (Å²) in [5.74, 6) is -1.94. The van der Waals surface area contributed by atoms with Gasteiger partial charge in [-0.2, -0.15) is 13.2 Å². The molecule has 4 nitrogen and oxygen atoms in total. The number of hydrogen-bond acceptors (Lipinski definition) is 3. The Morgan fingerprint density at radius 2 is 2.00 bits per heavy atom. The van der Waals surface area contributed by atoms with E-state index >= 15 is 0 Å². The van der Waals surface area contributed by atoms with E-state index < -0.39 is 30.3 Å². The van der Waals surface area contributed by atoms with Crippen LogP contribution in [0.3, 0.4) is 0 Å². The molecule has 1 amide bonds. The molecule has 1 aromatic rings. The molecule has 2 rings (SSSR count). The average molecular weight is 354 g/mol. The molecule has 1 heterocycles. The van der Waals surface area contributed by atoms with E-state index in [1.165, 1.54) is 17.9 Å². The predicted octanol–water partition coefficient (Wildman–Crippen LogP) is 3.01. The quantitative estimate of drug-likeness (QED) is 0.799. The number of rotatable bonds is 6. The van der Waals surface area contributed by atoms with Gasteiger partial charge < -0.3 is 10.6 Å². The number of benzene rings is 1. The van der Waals surface area contributed by atoms with Crippen molar-refractivity contribution in [1.29, 1.82) is 0 Å². The van der Waals surface area contributed by atoms with E-state index in [-0.39, 0.29) is 12.3 Å². The molecular weight excluding hydrogens is 333 g/mol. The number of Topliss-reactive ketones (excluding diaryl/α,β-unsaturated/α-hetero) is 1. The normalized spacial score (nSPS) is 16.8. The van der Waals surface area contributed by atoms with Crippen LogP contribution in [0.1, 0.15) is 25.3 Å². The lowest BCUT2D eigenvalue weighted by atomic mass is 9.95. The van der Waals surface area contributed by atoms with Gasteiger partial charge >= 0.3 is 6.18 Å². The zero-order valence-corrected chi connectivity index (χ0v) is 13.9. The number of halogens is 3. The second-order valence-electron chi connectivity index (χ2n) is 6.27. The van der Waals surface area contributed by atoms with Crippen molar-refractivity contribution >= 4 is 17.4 Å². The van der Waals surface area contributed by atoms with Gasteiger partial charge in [0.15, 0.2) is 0 Å². The Kier molecular flexibility index (Phi) is 6.00. The standard InChI is InChI=1S/C18H21F3N2O2/c1-12(22)16(24)10-13(11-18(19,20)21)6-7-17(25)23-9-8-14-4-2-3-5-15(14)23/h2-7,12-13H,8-11,22H2,1H3/b7-6+/t12-,13-/m0/s1. The zero-order chi connectivity index (χ0) is 18.6. The fourth-order valence-corrected chi connectivity index (χ4v) is 2.83. The van der Waals surface area contributed by atoms with E-state index in [1.807, 2.05) is 18.2 Å².